The summed E-state index contributed by atoms with van der Waals surface area (Å²) in [5.74, 6) is 0.648. The lowest BCUT2D eigenvalue weighted by molar-refractivity contribution is -0.140. The molecule has 3 heterocycles. The van der Waals surface area contributed by atoms with E-state index in [2.05, 4.69) is 20.8 Å². The van der Waals surface area contributed by atoms with Crippen molar-refractivity contribution in [1.29, 1.82) is 0 Å². The lowest BCUT2D eigenvalue weighted by Gasteiger charge is -2.32. The van der Waals surface area contributed by atoms with Gasteiger partial charge in [0.2, 0.25) is 23.6 Å². The van der Waals surface area contributed by atoms with Crippen molar-refractivity contribution in [3.05, 3.63) is 54.6 Å². The molecule has 2 aliphatic carbocycles. The minimum atomic E-state index is -0.0719. The van der Waals surface area contributed by atoms with E-state index < -0.39 is 0 Å². The van der Waals surface area contributed by atoms with Crippen LogP contribution in [0.5, 0.6) is 0 Å². The van der Waals surface area contributed by atoms with E-state index in [-0.39, 0.29) is 47.5 Å². The highest BCUT2D eigenvalue weighted by Gasteiger charge is 2.37. The van der Waals surface area contributed by atoms with Crippen LogP contribution in [0.3, 0.4) is 0 Å². The number of aromatic amines is 1. The lowest BCUT2D eigenvalue weighted by atomic mass is 9.84. The zero-order valence-corrected chi connectivity index (χ0v) is 26.9. The van der Waals surface area contributed by atoms with Crippen LogP contribution in [-0.2, 0) is 19.2 Å². The average Bonchev–Trinajstić information content (AvgIpc) is 3.78. The maximum absolute atomic E-state index is 12.8. The Bertz CT molecular complexity index is 1490. The van der Waals surface area contributed by atoms with E-state index in [9.17, 15) is 19.2 Å². The molecule has 3 N–H and O–H groups in total. The zero-order valence-electron chi connectivity index (χ0n) is 26.9. The van der Waals surface area contributed by atoms with E-state index >= 15 is 0 Å². The van der Waals surface area contributed by atoms with E-state index in [4.69, 9.17) is 0 Å². The molecule has 4 fully saturated rings. The fraction of sp³-hybridized carbons (Fsp3) is 0.486. The first-order chi connectivity index (χ1) is 22.9. The predicted molar refractivity (Wildman–Crippen MR) is 180 cm³/mol. The summed E-state index contributed by atoms with van der Waals surface area (Å²) in [5, 5.41) is 13.6. The quantitative estimate of drug-likeness (QED) is 0.252. The maximum Gasteiger partial charge on any atom is 0.226 e. The standard InChI is InChI=1S/C37H44N6O4/c44-34(21-30-9-3-19-42(30)36(46)26-5-1-6-26)38-28-15-11-24(12-16-28)32-23-33(41-40-32)25-13-17-29(18-14-25)39-35(45)22-31-10-4-20-43(31)37(47)27-7-2-8-27/h11-18,23,26-27,30-31H,1-10,19-22H2,(H,38,44)(H,39,45)(H,40,41)/t30-,31-/m0/s1. The summed E-state index contributed by atoms with van der Waals surface area (Å²) >= 11 is 0. The van der Waals surface area contributed by atoms with Gasteiger partial charge in [-0.3, -0.25) is 24.3 Å². The van der Waals surface area contributed by atoms with Gasteiger partial charge in [-0.2, -0.15) is 5.10 Å². The Kier molecular flexibility index (Phi) is 9.09. The molecule has 10 heteroatoms. The van der Waals surface area contributed by atoms with Gasteiger partial charge in [-0.05, 0) is 87.3 Å². The molecule has 4 aliphatic rings. The van der Waals surface area contributed by atoms with Crippen molar-refractivity contribution in [2.45, 2.75) is 89.1 Å². The Balaban J connectivity index is 0.899. The Morgan fingerprint density at radius 1 is 0.638 bits per heavy atom. The number of aromatic nitrogens is 2. The van der Waals surface area contributed by atoms with Gasteiger partial charge in [-0.25, -0.2) is 0 Å². The summed E-state index contributed by atoms with van der Waals surface area (Å²) in [6.07, 6.45) is 10.5. The van der Waals surface area contributed by atoms with Gasteiger partial charge >= 0.3 is 0 Å². The van der Waals surface area contributed by atoms with Crippen molar-refractivity contribution in [1.82, 2.24) is 20.0 Å². The summed E-state index contributed by atoms with van der Waals surface area (Å²) in [7, 11) is 0. The Hall–Kier alpha value is -4.47. The number of nitrogens with one attached hydrogen (secondary N) is 3. The highest BCUT2D eigenvalue weighted by Crippen LogP contribution is 2.33. The van der Waals surface area contributed by atoms with Gasteiger partial charge < -0.3 is 20.4 Å². The first-order valence-corrected chi connectivity index (χ1v) is 17.4. The first kappa shape index (κ1) is 31.1. The van der Waals surface area contributed by atoms with E-state index in [0.717, 1.165) is 105 Å². The highest BCUT2D eigenvalue weighted by atomic mass is 16.2. The van der Waals surface area contributed by atoms with Crippen LogP contribution in [0.2, 0.25) is 0 Å². The molecular weight excluding hydrogens is 592 g/mol. The van der Waals surface area contributed by atoms with Gasteiger partial charge in [-0.1, -0.05) is 37.1 Å². The van der Waals surface area contributed by atoms with Gasteiger partial charge in [0, 0.05) is 66.8 Å². The molecule has 2 saturated carbocycles. The van der Waals surface area contributed by atoms with Gasteiger partial charge in [0.1, 0.15) is 0 Å². The number of amides is 4. The summed E-state index contributed by atoms with van der Waals surface area (Å²) in [6, 6.07) is 17.2. The fourth-order valence-corrected chi connectivity index (χ4v) is 7.38. The van der Waals surface area contributed by atoms with Crippen molar-refractivity contribution in [3.63, 3.8) is 0 Å². The molecule has 0 spiro atoms. The van der Waals surface area contributed by atoms with Crippen LogP contribution in [0.25, 0.3) is 22.5 Å². The summed E-state index contributed by atoms with van der Waals surface area (Å²) in [6.45, 7) is 1.52. The van der Waals surface area contributed by atoms with E-state index in [1.165, 1.54) is 0 Å². The Morgan fingerprint density at radius 2 is 1.11 bits per heavy atom. The van der Waals surface area contributed by atoms with E-state index in [0.29, 0.717) is 18.5 Å². The number of H-pyrrole nitrogens is 1. The number of nitrogens with zero attached hydrogens (tertiary/aromatic N) is 3. The molecule has 4 amide bonds. The molecule has 0 bridgehead atoms. The van der Waals surface area contributed by atoms with Crippen LogP contribution < -0.4 is 10.6 Å². The monoisotopic (exact) mass is 636 g/mol. The molecule has 47 heavy (non-hydrogen) atoms. The van der Waals surface area contributed by atoms with Crippen molar-refractivity contribution in [3.8, 4) is 22.5 Å². The number of rotatable bonds is 10. The molecule has 2 saturated heterocycles. The molecule has 3 aromatic rings. The normalized spacial score (nSPS) is 21.3. The largest absolute Gasteiger partial charge is 0.339 e. The minimum absolute atomic E-state index is 0.00718. The second kappa shape index (κ2) is 13.7. The van der Waals surface area contributed by atoms with Crippen LogP contribution in [0.1, 0.15) is 77.0 Å². The summed E-state index contributed by atoms with van der Waals surface area (Å²) < 4.78 is 0. The molecule has 2 aromatic carbocycles. The maximum atomic E-state index is 12.8. The van der Waals surface area contributed by atoms with Gasteiger partial charge in [-0.15, -0.1) is 0 Å². The zero-order chi connectivity index (χ0) is 32.3. The number of carbonyl (C=O) groups excluding carboxylic acids is 4. The number of hydrogen-bond acceptors (Lipinski definition) is 5. The smallest absolute Gasteiger partial charge is 0.226 e. The average molecular weight is 637 g/mol. The second-order valence-corrected chi connectivity index (χ2v) is 13.7. The van der Waals surface area contributed by atoms with Gasteiger partial charge in [0.25, 0.3) is 0 Å². The number of likely N-dealkylation sites (tertiary alicyclic amines) is 2. The molecule has 7 rings (SSSR count). The van der Waals surface area contributed by atoms with Gasteiger partial charge in [0.05, 0.1) is 11.4 Å². The molecule has 246 valence electrons. The molecule has 1 aromatic heterocycles. The predicted octanol–water partition coefficient (Wildman–Crippen LogP) is 5.98. The fourth-order valence-electron chi connectivity index (χ4n) is 7.38. The number of carbonyl (C=O) groups is 4. The topological polar surface area (TPSA) is 127 Å². The third-order valence-electron chi connectivity index (χ3n) is 10.6. The Morgan fingerprint density at radius 3 is 1.55 bits per heavy atom. The van der Waals surface area contributed by atoms with E-state index in [1.807, 2.05) is 64.4 Å². The molecule has 2 atom stereocenters. The van der Waals surface area contributed by atoms with Crippen LogP contribution in [-0.4, -0.2) is 68.8 Å². The summed E-state index contributed by atoms with van der Waals surface area (Å²) in [4.78, 5) is 55.1. The number of benzene rings is 2. The SMILES string of the molecule is O=C(C[C@@H]1CCCN1C(=O)C1CCC1)Nc1ccc(-c2cc(-c3ccc(NC(=O)C[C@@H]4CCCN4C(=O)C4CCC4)cc3)[nH]n2)cc1. The summed E-state index contributed by atoms with van der Waals surface area (Å²) in [5.41, 5.74) is 4.92. The Labute approximate surface area is 275 Å². The molecule has 10 nitrogen and oxygen atoms in total. The lowest BCUT2D eigenvalue weighted by Crippen LogP contribution is -2.43. The molecule has 2 aliphatic heterocycles. The number of hydrogen-bond donors (Lipinski definition) is 3. The first-order valence-electron chi connectivity index (χ1n) is 17.4. The third-order valence-corrected chi connectivity index (χ3v) is 10.6. The van der Waals surface area contributed by atoms with Gasteiger partial charge in [0.15, 0.2) is 0 Å². The van der Waals surface area contributed by atoms with E-state index in [1.54, 1.807) is 0 Å². The number of anilines is 2. The van der Waals surface area contributed by atoms with Crippen LogP contribution in [0, 0.1) is 11.8 Å². The van der Waals surface area contributed by atoms with Crippen LogP contribution in [0.4, 0.5) is 11.4 Å². The van der Waals surface area contributed by atoms with Crippen LogP contribution >= 0.6 is 0 Å². The molecule has 0 radical (unpaired) electrons. The highest BCUT2D eigenvalue weighted by molar-refractivity contribution is 5.93. The van der Waals surface area contributed by atoms with Crippen LogP contribution in [0.15, 0.2) is 54.6 Å². The van der Waals surface area contributed by atoms with Crippen molar-refractivity contribution in [2.75, 3.05) is 23.7 Å². The minimum Gasteiger partial charge on any atom is -0.339 e. The third kappa shape index (κ3) is 6.96. The molecular formula is C37H44N6O4. The molecule has 0 unspecified atom stereocenters. The second-order valence-electron chi connectivity index (χ2n) is 13.7. The van der Waals surface area contributed by atoms with Crippen molar-refractivity contribution >= 4 is 35.0 Å². The van der Waals surface area contributed by atoms with Crippen molar-refractivity contribution < 1.29 is 19.2 Å². The van der Waals surface area contributed by atoms with Crippen molar-refractivity contribution in [2.24, 2.45) is 11.8 Å².